The molecular weight excluding hydrogens is 318 g/mol. The number of halogens is 1. The lowest BCUT2D eigenvalue weighted by molar-refractivity contribution is 0.405. The lowest BCUT2D eigenvalue weighted by Crippen LogP contribution is -2.37. The maximum Gasteiger partial charge on any atom is 0.135 e. The third-order valence-electron chi connectivity index (χ3n) is 2.92. The number of hydrogen-bond acceptors (Lipinski definition) is 4. The third-order valence-corrected chi connectivity index (χ3v) is 6.77. The molecular formula is C12H18BrNOS2. The second-order valence-electron chi connectivity index (χ2n) is 4.08. The molecule has 3 unspecified atom stereocenters. The van der Waals surface area contributed by atoms with Crippen LogP contribution < -0.4 is 5.32 Å². The highest BCUT2D eigenvalue weighted by molar-refractivity contribution is 9.10. The van der Waals surface area contributed by atoms with Crippen LogP contribution in [0.2, 0.25) is 0 Å². The third kappa shape index (κ3) is 3.25. The Balaban J connectivity index is 2.19. The molecule has 0 amide bonds. The van der Waals surface area contributed by atoms with Crippen molar-refractivity contribution in [3.63, 3.8) is 0 Å². The van der Waals surface area contributed by atoms with E-state index in [4.69, 9.17) is 4.42 Å². The van der Waals surface area contributed by atoms with Gasteiger partial charge in [0.15, 0.2) is 0 Å². The van der Waals surface area contributed by atoms with E-state index in [1.807, 2.05) is 6.07 Å². The van der Waals surface area contributed by atoms with Gasteiger partial charge in [0.1, 0.15) is 5.76 Å². The van der Waals surface area contributed by atoms with Crippen molar-refractivity contribution in [3.05, 3.63) is 22.6 Å². The molecule has 0 aromatic carbocycles. The number of hydrogen-bond donors (Lipinski definition) is 1. The van der Waals surface area contributed by atoms with Gasteiger partial charge in [0.25, 0.3) is 0 Å². The first kappa shape index (κ1) is 13.8. The summed E-state index contributed by atoms with van der Waals surface area (Å²) in [6.07, 6.45) is 1.76. The lowest BCUT2D eigenvalue weighted by atomic mass is 10.1. The fourth-order valence-corrected chi connectivity index (χ4v) is 5.48. The molecule has 0 spiro atoms. The summed E-state index contributed by atoms with van der Waals surface area (Å²) in [7, 11) is 0. The molecule has 1 aromatic rings. The zero-order valence-electron chi connectivity index (χ0n) is 10.1. The van der Waals surface area contributed by atoms with Gasteiger partial charge in [0.05, 0.1) is 16.8 Å². The summed E-state index contributed by atoms with van der Waals surface area (Å²) >= 11 is 7.70. The quantitative estimate of drug-likeness (QED) is 0.901. The highest BCUT2D eigenvalue weighted by atomic mass is 79.9. The van der Waals surface area contributed by atoms with Crippen molar-refractivity contribution in [2.75, 3.05) is 18.1 Å². The van der Waals surface area contributed by atoms with E-state index in [2.05, 4.69) is 58.6 Å². The summed E-state index contributed by atoms with van der Waals surface area (Å²) in [6.45, 7) is 5.43. The second kappa shape index (κ2) is 6.55. The van der Waals surface area contributed by atoms with Crippen molar-refractivity contribution in [2.45, 2.75) is 30.4 Å². The van der Waals surface area contributed by atoms with Crippen LogP contribution in [0.15, 0.2) is 21.2 Å². The Morgan fingerprint density at radius 2 is 2.29 bits per heavy atom. The molecule has 96 valence electrons. The molecule has 5 heteroatoms. The van der Waals surface area contributed by atoms with Gasteiger partial charge in [-0.05, 0) is 28.5 Å². The van der Waals surface area contributed by atoms with Crippen molar-refractivity contribution in [1.29, 1.82) is 0 Å². The van der Waals surface area contributed by atoms with Crippen molar-refractivity contribution in [1.82, 2.24) is 5.32 Å². The van der Waals surface area contributed by atoms with E-state index >= 15 is 0 Å². The molecule has 0 bridgehead atoms. The van der Waals surface area contributed by atoms with Gasteiger partial charge in [-0.1, -0.05) is 13.8 Å². The molecule has 1 N–H and O–H groups in total. The van der Waals surface area contributed by atoms with Gasteiger partial charge in [0.2, 0.25) is 0 Å². The highest BCUT2D eigenvalue weighted by Gasteiger charge is 2.33. The van der Waals surface area contributed by atoms with Crippen LogP contribution >= 0.6 is 39.5 Å². The molecule has 1 aromatic heterocycles. The second-order valence-corrected chi connectivity index (χ2v) is 7.70. The van der Waals surface area contributed by atoms with Crippen molar-refractivity contribution >= 4 is 39.5 Å². The van der Waals surface area contributed by atoms with Crippen molar-refractivity contribution in [2.24, 2.45) is 0 Å². The van der Waals surface area contributed by atoms with E-state index in [9.17, 15) is 0 Å². The first-order chi connectivity index (χ1) is 8.24. The van der Waals surface area contributed by atoms with Crippen LogP contribution in [0.5, 0.6) is 0 Å². The predicted octanol–water partition coefficient (Wildman–Crippen LogP) is 3.93. The highest BCUT2D eigenvalue weighted by Crippen LogP contribution is 2.40. The standard InChI is InChI=1S/C12H18BrNOS2/c1-3-14-10(11-9(13)4-5-15-11)12-8(2)16-6-7-17-12/h4-5,8,10,12,14H,3,6-7H2,1-2H3. The van der Waals surface area contributed by atoms with Crippen LogP contribution in [0, 0.1) is 0 Å². The van der Waals surface area contributed by atoms with Crippen LogP contribution in [0.1, 0.15) is 25.6 Å². The van der Waals surface area contributed by atoms with Crippen LogP contribution in [0.4, 0.5) is 0 Å². The number of rotatable bonds is 4. The predicted molar refractivity (Wildman–Crippen MR) is 81.0 cm³/mol. The average molecular weight is 336 g/mol. The molecule has 2 nitrogen and oxygen atoms in total. The maximum atomic E-state index is 5.65. The molecule has 0 saturated carbocycles. The molecule has 1 aliphatic rings. The number of furan rings is 1. The van der Waals surface area contributed by atoms with E-state index in [0.29, 0.717) is 16.5 Å². The smallest absolute Gasteiger partial charge is 0.135 e. The van der Waals surface area contributed by atoms with Gasteiger partial charge in [-0.25, -0.2) is 0 Å². The minimum Gasteiger partial charge on any atom is -0.466 e. The van der Waals surface area contributed by atoms with Crippen molar-refractivity contribution in [3.8, 4) is 0 Å². The summed E-state index contributed by atoms with van der Waals surface area (Å²) in [6, 6.07) is 2.28. The summed E-state index contributed by atoms with van der Waals surface area (Å²) in [5, 5.41) is 4.81. The molecule has 2 rings (SSSR count). The first-order valence-corrected chi connectivity index (χ1v) is 8.82. The van der Waals surface area contributed by atoms with Crippen LogP contribution in [0.25, 0.3) is 0 Å². The van der Waals surface area contributed by atoms with E-state index in [0.717, 1.165) is 16.8 Å². The van der Waals surface area contributed by atoms with Gasteiger partial charge in [-0.2, -0.15) is 23.5 Å². The Morgan fingerprint density at radius 3 is 2.88 bits per heavy atom. The van der Waals surface area contributed by atoms with E-state index in [1.165, 1.54) is 11.5 Å². The van der Waals surface area contributed by atoms with Crippen LogP contribution in [0.3, 0.4) is 0 Å². The molecule has 1 fully saturated rings. The molecule has 0 radical (unpaired) electrons. The summed E-state index contributed by atoms with van der Waals surface area (Å²) < 4.78 is 6.72. The van der Waals surface area contributed by atoms with Gasteiger partial charge in [-0.3, -0.25) is 0 Å². The van der Waals surface area contributed by atoms with Gasteiger partial charge < -0.3 is 9.73 Å². The summed E-state index contributed by atoms with van der Waals surface area (Å²) in [5.41, 5.74) is 0. The van der Waals surface area contributed by atoms with Crippen LogP contribution in [-0.2, 0) is 0 Å². The minimum atomic E-state index is 0.303. The molecule has 1 saturated heterocycles. The maximum absolute atomic E-state index is 5.65. The Bertz CT molecular complexity index is 358. The fourth-order valence-electron chi connectivity index (χ4n) is 2.12. The van der Waals surface area contributed by atoms with Gasteiger partial charge in [-0.15, -0.1) is 0 Å². The topological polar surface area (TPSA) is 25.2 Å². The van der Waals surface area contributed by atoms with E-state index in [-0.39, 0.29) is 0 Å². The minimum absolute atomic E-state index is 0.303. The Kier molecular flexibility index (Phi) is 5.33. The van der Waals surface area contributed by atoms with Crippen LogP contribution in [-0.4, -0.2) is 28.6 Å². The van der Waals surface area contributed by atoms with Crippen molar-refractivity contribution < 1.29 is 4.42 Å². The Labute approximate surface area is 120 Å². The summed E-state index contributed by atoms with van der Waals surface area (Å²) in [5.74, 6) is 3.54. The first-order valence-electron chi connectivity index (χ1n) is 5.93. The molecule has 1 aliphatic heterocycles. The molecule has 2 heterocycles. The molecule has 3 atom stereocenters. The Morgan fingerprint density at radius 1 is 1.53 bits per heavy atom. The SMILES string of the molecule is CCNC(c1occc1Br)C1SCCSC1C. The fraction of sp³-hybridized carbons (Fsp3) is 0.667. The zero-order valence-corrected chi connectivity index (χ0v) is 13.3. The van der Waals surface area contributed by atoms with Gasteiger partial charge in [0, 0.05) is 22.0 Å². The molecule has 0 aliphatic carbocycles. The number of thioether (sulfide) groups is 2. The molecule has 17 heavy (non-hydrogen) atoms. The monoisotopic (exact) mass is 335 g/mol. The Hall–Kier alpha value is 0.420. The van der Waals surface area contributed by atoms with Gasteiger partial charge >= 0.3 is 0 Å². The lowest BCUT2D eigenvalue weighted by Gasteiger charge is -2.34. The number of nitrogens with one attached hydrogen (secondary N) is 1. The summed E-state index contributed by atoms with van der Waals surface area (Å²) in [4.78, 5) is 0. The van der Waals surface area contributed by atoms with E-state index < -0.39 is 0 Å². The average Bonchev–Trinajstić information content (AvgIpc) is 2.74. The zero-order chi connectivity index (χ0) is 12.3. The largest absolute Gasteiger partial charge is 0.466 e. The normalized spacial score (nSPS) is 27.0. The van der Waals surface area contributed by atoms with E-state index in [1.54, 1.807) is 6.26 Å².